The van der Waals surface area contributed by atoms with Crippen molar-refractivity contribution in [3.8, 4) is 0 Å². The number of rotatable bonds is 4. The number of thioether (sulfide) groups is 1. The second kappa shape index (κ2) is 5.53. The summed E-state index contributed by atoms with van der Waals surface area (Å²) in [4.78, 5) is 11.7. The Kier molecular flexibility index (Phi) is 4.63. The zero-order chi connectivity index (χ0) is 11.3. The molecule has 0 aromatic heterocycles. The van der Waals surface area contributed by atoms with Crippen LogP contribution in [-0.4, -0.2) is 40.8 Å². The fourth-order valence-corrected chi connectivity index (χ4v) is 2.45. The van der Waals surface area contributed by atoms with Gasteiger partial charge >= 0.3 is 0 Å². The molecule has 1 saturated heterocycles. The Morgan fingerprint density at radius 1 is 1.67 bits per heavy atom. The molecule has 0 bridgehead atoms. The van der Waals surface area contributed by atoms with Gasteiger partial charge in [0.25, 0.3) is 0 Å². The van der Waals surface area contributed by atoms with Crippen LogP contribution in [0.3, 0.4) is 0 Å². The number of carbonyl (C=O) groups excluding carboxylic acids is 1. The number of amides is 1. The Morgan fingerprint density at radius 2 is 2.40 bits per heavy atom. The minimum atomic E-state index is -0.134. The molecule has 4 nitrogen and oxygen atoms in total. The van der Waals surface area contributed by atoms with Crippen molar-refractivity contribution >= 4 is 17.7 Å². The second-order valence-electron chi connectivity index (χ2n) is 3.93. The highest BCUT2D eigenvalue weighted by molar-refractivity contribution is 8.00. The first-order chi connectivity index (χ1) is 7.08. The average molecular weight is 230 g/mol. The summed E-state index contributed by atoms with van der Waals surface area (Å²) < 4.78 is -0.0508. The monoisotopic (exact) mass is 230 g/mol. The fraction of sp³-hybridized carbons (Fsp3) is 0.700. The van der Waals surface area contributed by atoms with Gasteiger partial charge in [-0.2, -0.15) is 0 Å². The summed E-state index contributed by atoms with van der Waals surface area (Å²) in [6, 6.07) is -0.134. The summed E-state index contributed by atoms with van der Waals surface area (Å²) in [7, 11) is 0. The molecule has 0 aromatic rings. The third kappa shape index (κ3) is 3.52. The van der Waals surface area contributed by atoms with Gasteiger partial charge in [0, 0.05) is 17.2 Å². The highest BCUT2D eigenvalue weighted by Gasteiger charge is 2.39. The standard InChI is InChI=1S/C10H18N2O2S/c1-10(2)8(12-7-15-10)9(14)11-5-3-4-6-13/h3-4,8,12-13H,5-7H2,1-2H3,(H,11,14)/b4-3-/t8-/m1/s1. The quantitative estimate of drug-likeness (QED) is 0.599. The molecule has 5 heteroatoms. The van der Waals surface area contributed by atoms with Crippen molar-refractivity contribution < 1.29 is 9.90 Å². The van der Waals surface area contributed by atoms with E-state index in [0.29, 0.717) is 6.54 Å². The molecule has 3 N–H and O–H groups in total. The Bertz CT molecular complexity index is 254. The molecular formula is C10H18N2O2S. The topological polar surface area (TPSA) is 61.4 Å². The van der Waals surface area contributed by atoms with Crippen molar-refractivity contribution in [2.45, 2.75) is 24.6 Å². The zero-order valence-electron chi connectivity index (χ0n) is 9.12. The number of hydrogen-bond acceptors (Lipinski definition) is 4. The number of hydrogen-bond donors (Lipinski definition) is 3. The van der Waals surface area contributed by atoms with Crippen LogP contribution < -0.4 is 10.6 Å². The summed E-state index contributed by atoms with van der Waals surface area (Å²) in [6.45, 7) is 4.61. The first-order valence-corrected chi connectivity index (χ1v) is 5.97. The lowest BCUT2D eigenvalue weighted by molar-refractivity contribution is -0.123. The molecule has 0 aliphatic carbocycles. The molecule has 15 heavy (non-hydrogen) atoms. The highest BCUT2D eigenvalue weighted by atomic mass is 32.2. The molecule has 1 heterocycles. The van der Waals surface area contributed by atoms with Crippen LogP contribution in [0.4, 0.5) is 0 Å². The molecule has 0 aromatic carbocycles. The van der Waals surface area contributed by atoms with Gasteiger partial charge in [0.1, 0.15) is 6.04 Å². The van der Waals surface area contributed by atoms with E-state index in [1.165, 1.54) is 0 Å². The maximum Gasteiger partial charge on any atom is 0.238 e. The highest BCUT2D eigenvalue weighted by Crippen LogP contribution is 2.32. The first-order valence-electron chi connectivity index (χ1n) is 4.99. The molecular weight excluding hydrogens is 212 g/mol. The van der Waals surface area contributed by atoms with E-state index in [2.05, 4.69) is 24.5 Å². The summed E-state index contributed by atoms with van der Waals surface area (Å²) in [5, 5.41) is 14.5. The van der Waals surface area contributed by atoms with Crippen LogP contribution in [0.2, 0.25) is 0 Å². The lowest BCUT2D eigenvalue weighted by Gasteiger charge is -2.23. The van der Waals surface area contributed by atoms with Gasteiger partial charge in [0.05, 0.1) is 6.61 Å². The van der Waals surface area contributed by atoms with Crippen molar-refractivity contribution in [1.29, 1.82) is 0 Å². The van der Waals surface area contributed by atoms with Crippen molar-refractivity contribution in [3.63, 3.8) is 0 Å². The van der Waals surface area contributed by atoms with Gasteiger partial charge in [0.2, 0.25) is 5.91 Å². The van der Waals surface area contributed by atoms with Crippen molar-refractivity contribution in [1.82, 2.24) is 10.6 Å². The number of nitrogens with one attached hydrogen (secondary N) is 2. The van der Waals surface area contributed by atoms with Crippen molar-refractivity contribution in [2.75, 3.05) is 19.0 Å². The summed E-state index contributed by atoms with van der Waals surface area (Å²) in [6.07, 6.45) is 3.36. The van der Waals surface area contributed by atoms with Crippen LogP contribution in [0, 0.1) is 0 Å². The van der Waals surface area contributed by atoms with Gasteiger partial charge in [-0.15, -0.1) is 11.8 Å². The average Bonchev–Trinajstić information content (AvgIpc) is 2.52. The molecule has 1 rings (SSSR count). The molecule has 0 saturated carbocycles. The van der Waals surface area contributed by atoms with Crippen LogP contribution in [-0.2, 0) is 4.79 Å². The van der Waals surface area contributed by atoms with Gasteiger partial charge in [0.15, 0.2) is 0 Å². The number of carbonyl (C=O) groups is 1. The van der Waals surface area contributed by atoms with E-state index in [1.807, 2.05) is 0 Å². The smallest absolute Gasteiger partial charge is 0.238 e. The molecule has 1 aliphatic rings. The lowest BCUT2D eigenvalue weighted by atomic mass is 10.0. The van der Waals surface area contributed by atoms with Crippen LogP contribution in [0.5, 0.6) is 0 Å². The Hall–Kier alpha value is -0.520. The van der Waals surface area contributed by atoms with Crippen molar-refractivity contribution in [3.05, 3.63) is 12.2 Å². The van der Waals surface area contributed by atoms with E-state index in [4.69, 9.17) is 5.11 Å². The maximum absolute atomic E-state index is 11.7. The van der Waals surface area contributed by atoms with E-state index in [0.717, 1.165) is 5.88 Å². The molecule has 1 amide bonds. The van der Waals surface area contributed by atoms with E-state index >= 15 is 0 Å². The second-order valence-corrected chi connectivity index (χ2v) is 5.56. The summed E-state index contributed by atoms with van der Waals surface area (Å²) in [5.74, 6) is 0.838. The van der Waals surface area contributed by atoms with Crippen LogP contribution in [0.1, 0.15) is 13.8 Å². The zero-order valence-corrected chi connectivity index (χ0v) is 9.93. The maximum atomic E-state index is 11.7. The van der Waals surface area contributed by atoms with Gasteiger partial charge in [-0.05, 0) is 13.8 Å². The predicted octanol–water partition coefficient (Wildman–Crippen LogP) is 0.0922. The van der Waals surface area contributed by atoms with E-state index in [-0.39, 0.29) is 23.3 Å². The third-order valence-corrected chi connectivity index (χ3v) is 3.65. The van der Waals surface area contributed by atoms with Crippen LogP contribution in [0.15, 0.2) is 12.2 Å². The molecule has 1 fully saturated rings. The first kappa shape index (κ1) is 12.5. The van der Waals surface area contributed by atoms with Gasteiger partial charge < -0.3 is 10.4 Å². The van der Waals surface area contributed by atoms with Gasteiger partial charge in [-0.1, -0.05) is 12.2 Å². The third-order valence-electron chi connectivity index (χ3n) is 2.36. The van der Waals surface area contributed by atoms with Crippen LogP contribution >= 0.6 is 11.8 Å². The molecule has 1 atom stereocenters. The molecule has 1 aliphatic heterocycles. The minimum absolute atomic E-state index is 0.0128. The normalized spacial score (nSPS) is 24.6. The van der Waals surface area contributed by atoms with Crippen LogP contribution in [0.25, 0.3) is 0 Å². The Balaban J connectivity index is 2.37. The molecule has 0 unspecified atom stereocenters. The Morgan fingerprint density at radius 3 is 2.93 bits per heavy atom. The van der Waals surface area contributed by atoms with E-state index in [1.54, 1.807) is 23.9 Å². The molecule has 0 spiro atoms. The molecule has 86 valence electrons. The predicted molar refractivity (Wildman–Crippen MR) is 62.7 cm³/mol. The number of aliphatic hydroxyl groups excluding tert-OH is 1. The van der Waals surface area contributed by atoms with Crippen molar-refractivity contribution in [2.24, 2.45) is 0 Å². The lowest BCUT2D eigenvalue weighted by Crippen LogP contribution is -2.49. The summed E-state index contributed by atoms with van der Waals surface area (Å²) >= 11 is 1.75. The van der Waals surface area contributed by atoms with E-state index < -0.39 is 0 Å². The summed E-state index contributed by atoms with van der Waals surface area (Å²) in [5.41, 5.74) is 0. The number of aliphatic hydroxyl groups is 1. The molecule has 0 radical (unpaired) electrons. The van der Waals surface area contributed by atoms with E-state index in [9.17, 15) is 4.79 Å². The SMILES string of the molecule is CC1(C)SCN[C@@H]1C(=O)NC/C=C\CO. The fourth-order valence-electron chi connectivity index (χ4n) is 1.47. The minimum Gasteiger partial charge on any atom is -0.392 e. The Labute approximate surface area is 94.5 Å². The van der Waals surface area contributed by atoms with Gasteiger partial charge in [-0.25, -0.2) is 0 Å². The van der Waals surface area contributed by atoms with Gasteiger partial charge in [-0.3, -0.25) is 10.1 Å². The largest absolute Gasteiger partial charge is 0.392 e.